The number of nitrogens with zero attached hydrogens (tertiary/aromatic N) is 4. The molecule has 0 aliphatic carbocycles. The minimum Gasteiger partial charge on any atom is -0.368 e. The van der Waals surface area contributed by atoms with E-state index in [0.717, 1.165) is 26.9 Å². The number of hydrogen-bond donors (Lipinski definition) is 1. The predicted octanol–water partition coefficient (Wildman–Crippen LogP) is 5.51. The zero-order valence-corrected chi connectivity index (χ0v) is 18.7. The van der Waals surface area contributed by atoms with Gasteiger partial charge in [0.25, 0.3) is 0 Å². The first-order chi connectivity index (χ1) is 12.4. The highest BCUT2D eigenvalue weighted by Crippen LogP contribution is 2.27. The van der Waals surface area contributed by atoms with Gasteiger partial charge in [0.2, 0.25) is 5.95 Å². The number of pyridine rings is 1. The van der Waals surface area contributed by atoms with Crippen molar-refractivity contribution in [2.75, 3.05) is 5.73 Å². The van der Waals surface area contributed by atoms with Crippen LogP contribution >= 0.6 is 15.9 Å². The van der Waals surface area contributed by atoms with Gasteiger partial charge in [-0.15, -0.1) is 0 Å². The Labute approximate surface area is 165 Å². The highest BCUT2D eigenvalue weighted by Gasteiger charge is 2.14. The van der Waals surface area contributed by atoms with Crippen molar-refractivity contribution in [1.29, 1.82) is 0 Å². The van der Waals surface area contributed by atoms with Crippen molar-refractivity contribution in [2.24, 2.45) is 0 Å². The molecule has 0 aliphatic rings. The van der Waals surface area contributed by atoms with Crippen LogP contribution in [0.15, 0.2) is 17.0 Å². The second kappa shape index (κ2) is 9.67. The molecule has 26 heavy (non-hydrogen) atoms. The molecule has 0 amide bonds. The van der Waals surface area contributed by atoms with E-state index in [-0.39, 0.29) is 5.95 Å². The van der Waals surface area contributed by atoms with Crippen LogP contribution in [0.4, 0.5) is 5.95 Å². The molecule has 0 unspecified atom stereocenters. The lowest BCUT2D eigenvalue weighted by Gasteiger charge is -2.11. The standard InChI is InChI=1S/C16H18BrN5.2C2H6/c1-8-5-19-12(11(4)10(8)3)7-22-6-9(2)13-14(17)20-16(18)21-15(13)22;2*1-2/h5-6H,7H2,1-4H3,(H2,18,20,21);2*1-2H3. The summed E-state index contributed by atoms with van der Waals surface area (Å²) in [6, 6.07) is 0. The van der Waals surface area contributed by atoms with Crippen LogP contribution in [0.25, 0.3) is 11.0 Å². The third kappa shape index (κ3) is 4.41. The number of nitrogen functional groups attached to an aromatic ring is 1. The number of aryl methyl sites for hydroxylation is 2. The van der Waals surface area contributed by atoms with Gasteiger partial charge < -0.3 is 10.3 Å². The second-order valence-electron chi connectivity index (χ2n) is 5.65. The minimum atomic E-state index is 0.267. The molecular weight excluding hydrogens is 390 g/mol. The van der Waals surface area contributed by atoms with Crippen molar-refractivity contribution in [3.63, 3.8) is 0 Å². The topological polar surface area (TPSA) is 69.6 Å². The molecule has 0 aliphatic heterocycles. The maximum Gasteiger partial charge on any atom is 0.223 e. The minimum absolute atomic E-state index is 0.267. The van der Waals surface area contributed by atoms with E-state index in [4.69, 9.17) is 5.73 Å². The van der Waals surface area contributed by atoms with E-state index in [1.165, 1.54) is 16.7 Å². The number of nitrogens with two attached hydrogens (primary N) is 1. The summed E-state index contributed by atoms with van der Waals surface area (Å²) in [6.07, 6.45) is 4.00. The lowest BCUT2D eigenvalue weighted by Crippen LogP contribution is -2.06. The van der Waals surface area contributed by atoms with E-state index >= 15 is 0 Å². The number of rotatable bonds is 2. The van der Waals surface area contributed by atoms with Crippen LogP contribution in [0, 0.1) is 27.7 Å². The fourth-order valence-electron chi connectivity index (χ4n) is 2.67. The van der Waals surface area contributed by atoms with Crippen molar-refractivity contribution < 1.29 is 0 Å². The van der Waals surface area contributed by atoms with Crippen LogP contribution in [0.1, 0.15) is 55.6 Å². The van der Waals surface area contributed by atoms with Gasteiger partial charge in [0.05, 0.1) is 17.6 Å². The first-order valence-corrected chi connectivity index (χ1v) is 9.88. The predicted molar refractivity (Wildman–Crippen MR) is 115 cm³/mol. The number of aromatic nitrogens is 4. The number of halogens is 1. The Morgan fingerprint density at radius 2 is 1.58 bits per heavy atom. The summed E-state index contributed by atoms with van der Waals surface area (Å²) in [7, 11) is 0. The molecular formula is C20H30BrN5. The smallest absolute Gasteiger partial charge is 0.223 e. The zero-order chi connectivity index (χ0) is 20.0. The molecule has 5 nitrogen and oxygen atoms in total. The Morgan fingerprint density at radius 1 is 0.962 bits per heavy atom. The van der Waals surface area contributed by atoms with Crippen LogP contribution in [-0.4, -0.2) is 19.5 Å². The molecule has 0 saturated heterocycles. The third-order valence-electron chi connectivity index (χ3n) is 4.20. The van der Waals surface area contributed by atoms with E-state index in [2.05, 4.69) is 62.4 Å². The average molecular weight is 420 g/mol. The Balaban J connectivity index is 0.000000791. The van der Waals surface area contributed by atoms with Gasteiger partial charge >= 0.3 is 0 Å². The highest BCUT2D eigenvalue weighted by molar-refractivity contribution is 9.10. The lowest BCUT2D eigenvalue weighted by molar-refractivity contribution is 0.784. The zero-order valence-electron chi connectivity index (χ0n) is 17.1. The second-order valence-corrected chi connectivity index (χ2v) is 6.40. The molecule has 3 aromatic rings. The quantitative estimate of drug-likeness (QED) is 0.556. The Bertz CT molecular complexity index is 884. The van der Waals surface area contributed by atoms with E-state index in [9.17, 15) is 0 Å². The summed E-state index contributed by atoms with van der Waals surface area (Å²) in [5.41, 5.74) is 12.5. The molecule has 3 heterocycles. The molecule has 0 radical (unpaired) electrons. The van der Waals surface area contributed by atoms with Crippen LogP contribution < -0.4 is 5.73 Å². The van der Waals surface area contributed by atoms with Crippen molar-refractivity contribution in [2.45, 2.75) is 61.9 Å². The van der Waals surface area contributed by atoms with Crippen molar-refractivity contribution >= 4 is 32.9 Å². The average Bonchev–Trinajstić information content (AvgIpc) is 2.94. The van der Waals surface area contributed by atoms with Crippen LogP contribution in [-0.2, 0) is 6.54 Å². The molecule has 0 bridgehead atoms. The Morgan fingerprint density at radius 3 is 2.19 bits per heavy atom. The molecule has 0 aromatic carbocycles. The maximum absolute atomic E-state index is 5.79. The van der Waals surface area contributed by atoms with Crippen LogP contribution in [0.3, 0.4) is 0 Å². The van der Waals surface area contributed by atoms with Crippen molar-refractivity contribution in [3.8, 4) is 0 Å². The molecule has 0 spiro atoms. The molecule has 0 fully saturated rings. The molecule has 0 atom stereocenters. The Hall–Kier alpha value is -1.95. The number of anilines is 1. The molecule has 3 aromatic heterocycles. The summed E-state index contributed by atoms with van der Waals surface area (Å²) in [5, 5.41) is 0.996. The van der Waals surface area contributed by atoms with Crippen molar-refractivity contribution in [3.05, 3.63) is 44.9 Å². The largest absolute Gasteiger partial charge is 0.368 e. The van der Waals surface area contributed by atoms with E-state index in [1.54, 1.807) is 0 Å². The monoisotopic (exact) mass is 419 g/mol. The molecule has 6 heteroatoms. The normalized spacial score (nSPS) is 10.0. The highest BCUT2D eigenvalue weighted by atomic mass is 79.9. The van der Waals surface area contributed by atoms with Gasteiger partial charge in [-0.3, -0.25) is 4.98 Å². The molecule has 0 saturated carbocycles. The summed E-state index contributed by atoms with van der Waals surface area (Å²) in [4.78, 5) is 13.2. The summed E-state index contributed by atoms with van der Waals surface area (Å²) >= 11 is 3.47. The van der Waals surface area contributed by atoms with Gasteiger partial charge in [-0.25, -0.2) is 4.98 Å². The molecule has 2 N–H and O–H groups in total. The number of fused-ring (bicyclic) bond motifs is 1. The van der Waals surface area contributed by atoms with Gasteiger partial charge in [-0.2, -0.15) is 4.98 Å². The fraction of sp³-hybridized carbons (Fsp3) is 0.450. The van der Waals surface area contributed by atoms with E-state index < -0.39 is 0 Å². The maximum atomic E-state index is 5.79. The summed E-state index contributed by atoms with van der Waals surface area (Å²) in [5.74, 6) is 0.267. The fourth-order valence-corrected chi connectivity index (χ4v) is 3.34. The number of hydrogen-bond acceptors (Lipinski definition) is 4. The summed E-state index contributed by atoms with van der Waals surface area (Å²) < 4.78 is 2.81. The van der Waals surface area contributed by atoms with Gasteiger partial charge in [0.1, 0.15) is 10.3 Å². The van der Waals surface area contributed by atoms with Gasteiger partial charge in [0.15, 0.2) is 0 Å². The van der Waals surface area contributed by atoms with Gasteiger partial charge in [0, 0.05) is 12.4 Å². The van der Waals surface area contributed by atoms with Crippen molar-refractivity contribution in [1.82, 2.24) is 19.5 Å². The Kier molecular flexibility index (Phi) is 8.21. The van der Waals surface area contributed by atoms with E-state index in [1.807, 2.05) is 40.8 Å². The first kappa shape index (κ1) is 22.1. The SMILES string of the molecule is CC.CC.Cc1cnc(Cn2cc(C)c3c(Br)nc(N)nc32)c(C)c1C. The van der Waals surface area contributed by atoms with Crippen LogP contribution in [0.5, 0.6) is 0 Å². The van der Waals surface area contributed by atoms with E-state index in [0.29, 0.717) is 6.54 Å². The lowest BCUT2D eigenvalue weighted by atomic mass is 10.0. The third-order valence-corrected chi connectivity index (χ3v) is 4.77. The summed E-state index contributed by atoms with van der Waals surface area (Å²) in [6.45, 7) is 17.0. The molecule has 3 rings (SSSR count). The van der Waals surface area contributed by atoms with Crippen LogP contribution in [0.2, 0.25) is 0 Å². The molecule has 142 valence electrons. The van der Waals surface area contributed by atoms with Gasteiger partial charge in [-0.1, -0.05) is 27.7 Å². The first-order valence-electron chi connectivity index (χ1n) is 9.08. The van der Waals surface area contributed by atoms with Gasteiger partial charge in [-0.05, 0) is 65.9 Å².